The molecular formula is C19H21NO2. The summed E-state index contributed by atoms with van der Waals surface area (Å²) in [7, 11) is 3.34. The highest BCUT2D eigenvalue weighted by Gasteiger charge is 2.31. The number of hydrogen-bond donors (Lipinski definition) is 0. The topological polar surface area (TPSA) is 30.8 Å². The number of rotatable bonds is 3. The maximum absolute atomic E-state index is 5.47. The largest absolute Gasteiger partial charge is 0.493 e. The first-order chi connectivity index (χ1) is 10.6. The molecule has 3 nitrogen and oxygen atoms in total. The van der Waals surface area contributed by atoms with E-state index in [9.17, 15) is 0 Å². The molecule has 0 amide bonds. The van der Waals surface area contributed by atoms with E-state index in [0.717, 1.165) is 34.9 Å². The predicted octanol–water partition coefficient (Wildman–Crippen LogP) is 3.83. The minimum atomic E-state index is -0.0207. The molecule has 2 aromatic carbocycles. The molecule has 0 saturated heterocycles. The van der Waals surface area contributed by atoms with Gasteiger partial charge in [0.15, 0.2) is 11.5 Å². The lowest BCUT2D eigenvalue weighted by atomic mass is 9.77. The van der Waals surface area contributed by atoms with Crippen molar-refractivity contribution in [2.24, 2.45) is 4.99 Å². The molecule has 0 aliphatic carbocycles. The maximum atomic E-state index is 5.47. The first-order valence-corrected chi connectivity index (χ1v) is 7.43. The zero-order chi connectivity index (χ0) is 15.7. The van der Waals surface area contributed by atoms with Crippen molar-refractivity contribution in [3.05, 3.63) is 59.2 Å². The predicted molar refractivity (Wildman–Crippen MR) is 89.5 cm³/mol. The summed E-state index contributed by atoms with van der Waals surface area (Å²) >= 11 is 0. The third-order valence-electron chi connectivity index (χ3n) is 4.19. The average molecular weight is 295 g/mol. The average Bonchev–Trinajstić information content (AvgIpc) is 2.54. The van der Waals surface area contributed by atoms with Crippen molar-refractivity contribution in [3.8, 4) is 11.5 Å². The van der Waals surface area contributed by atoms with Gasteiger partial charge in [0.2, 0.25) is 0 Å². The van der Waals surface area contributed by atoms with Gasteiger partial charge in [-0.3, -0.25) is 4.99 Å². The second kappa shape index (κ2) is 5.48. The van der Waals surface area contributed by atoms with Gasteiger partial charge < -0.3 is 9.47 Å². The lowest BCUT2D eigenvalue weighted by Gasteiger charge is -2.32. The Hall–Kier alpha value is -2.29. The van der Waals surface area contributed by atoms with Crippen LogP contribution in [0, 0.1) is 0 Å². The molecule has 0 aromatic heterocycles. The van der Waals surface area contributed by atoms with E-state index in [2.05, 4.69) is 32.0 Å². The van der Waals surface area contributed by atoms with Gasteiger partial charge in [0.1, 0.15) is 0 Å². The highest BCUT2D eigenvalue weighted by atomic mass is 16.5. The van der Waals surface area contributed by atoms with E-state index in [1.54, 1.807) is 14.2 Å². The second-order valence-electron chi connectivity index (χ2n) is 6.17. The van der Waals surface area contributed by atoms with Crippen LogP contribution < -0.4 is 9.47 Å². The van der Waals surface area contributed by atoms with Crippen LogP contribution in [0.15, 0.2) is 47.5 Å². The molecule has 3 rings (SSSR count). The molecule has 0 atom stereocenters. The number of hydrogen-bond acceptors (Lipinski definition) is 3. The molecule has 1 aliphatic rings. The minimum absolute atomic E-state index is 0.0207. The molecule has 0 fully saturated rings. The molecule has 114 valence electrons. The van der Waals surface area contributed by atoms with Gasteiger partial charge in [-0.25, -0.2) is 0 Å². The van der Waals surface area contributed by atoms with Crippen molar-refractivity contribution in [2.45, 2.75) is 19.3 Å². The van der Waals surface area contributed by atoms with Crippen molar-refractivity contribution < 1.29 is 9.47 Å². The third-order valence-corrected chi connectivity index (χ3v) is 4.19. The molecular weight excluding hydrogens is 274 g/mol. The van der Waals surface area contributed by atoms with Crippen molar-refractivity contribution in [3.63, 3.8) is 0 Å². The summed E-state index contributed by atoms with van der Waals surface area (Å²) in [5, 5.41) is 0. The summed E-state index contributed by atoms with van der Waals surface area (Å²) in [6.45, 7) is 5.19. The van der Waals surface area contributed by atoms with E-state index < -0.39 is 0 Å². The SMILES string of the molecule is COc1cc2c(cc1OC)C(C)(C)CN=C2c1ccccc1. The summed E-state index contributed by atoms with van der Waals surface area (Å²) in [5.41, 5.74) is 4.51. The van der Waals surface area contributed by atoms with Crippen LogP contribution in [0.2, 0.25) is 0 Å². The molecule has 0 radical (unpaired) electrons. The number of aliphatic imine (C=N–C) groups is 1. The molecule has 1 aliphatic heterocycles. The molecule has 0 bridgehead atoms. The summed E-state index contributed by atoms with van der Waals surface area (Å²) in [4.78, 5) is 4.84. The Morgan fingerprint density at radius 1 is 0.955 bits per heavy atom. The number of fused-ring (bicyclic) bond motifs is 1. The Morgan fingerprint density at radius 2 is 1.59 bits per heavy atom. The molecule has 22 heavy (non-hydrogen) atoms. The minimum Gasteiger partial charge on any atom is -0.493 e. The second-order valence-corrected chi connectivity index (χ2v) is 6.17. The summed E-state index contributed by atoms with van der Waals surface area (Å²) in [5.74, 6) is 1.51. The van der Waals surface area contributed by atoms with Crippen LogP contribution in [0.5, 0.6) is 11.5 Å². The van der Waals surface area contributed by atoms with E-state index in [-0.39, 0.29) is 5.41 Å². The number of nitrogens with zero attached hydrogens (tertiary/aromatic N) is 1. The van der Waals surface area contributed by atoms with E-state index in [0.29, 0.717) is 0 Å². The fourth-order valence-electron chi connectivity index (χ4n) is 2.92. The van der Waals surface area contributed by atoms with Gasteiger partial charge in [-0.1, -0.05) is 44.2 Å². The molecule has 2 aromatic rings. The van der Waals surface area contributed by atoms with Crippen LogP contribution in [-0.2, 0) is 5.41 Å². The molecule has 0 spiro atoms. The van der Waals surface area contributed by atoms with Gasteiger partial charge in [0, 0.05) is 23.1 Å². The summed E-state index contributed by atoms with van der Waals surface area (Å²) in [6.07, 6.45) is 0. The highest BCUT2D eigenvalue weighted by molar-refractivity contribution is 6.15. The van der Waals surface area contributed by atoms with Crippen LogP contribution >= 0.6 is 0 Å². The van der Waals surface area contributed by atoms with Crippen molar-refractivity contribution in [2.75, 3.05) is 20.8 Å². The van der Waals surface area contributed by atoms with E-state index in [1.165, 1.54) is 5.56 Å². The van der Waals surface area contributed by atoms with Crippen LogP contribution in [0.25, 0.3) is 0 Å². The Kier molecular flexibility index (Phi) is 3.65. The summed E-state index contributed by atoms with van der Waals surface area (Å²) in [6, 6.07) is 14.4. The third kappa shape index (κ3) is 2.37. The standard InChI is InChI=1S/C19H21NO2/c1-19(2)12-20-18(13-8-6-5-7-9-13)14-10-16(21-3)17(22-4)11-15(14)19/h5-11H,12H2,1-4H3. The van der Waals surface area contributed by atoms with Crippen molar-refractivity contribution in [1.29, 1.82) is 0 Å². The van der Waals surface area contributed by atoms with Gasteiger partial charge in [0.05, 0.1) is 19.9 Å². The first-order valence-electron chi connectivity index (χ1n) is 7.43. The van der Waals surface area contributed by atoms with Crippen molar-refractivity contribution in [1.82, 2.24) is 0 Å². The molecule has 0 saturated carbocycles. The van der Waals surface area contributed by atoms with Crippen LogP contribution in [0.3, 0.4) is 0 Å². The number of methoxy groups -OCH3 is 2. The lowest BCUT2D eigenvalue weighted by Crippen LogP contribution is -2.30. The van der Waals surface area contributed by atoms with E-state index >= 15 is 0 Å². The molecule has 3 heteroatoms. The van der Waals surface area contributed by atoms with Gasteiger partial charge in [0.25, 0.3) is 0 Å². The van der Waals surface area contributed by atoms with E-state index in [4.69, 9.17) is 14.5 Å². The molecule has 0 unspecified atom stereocenters. The fraction of sp³-hybridized carbons (Fsp3) is 0.316. The van der Waals surface area contributed by atoms with Crippen LogP contribution in [-0.4, -0.2) is 26.5 Å². The maximum Gasteiger partial charge on any atom is 0.161 e. The summed E-state index contributed by atoms with van der Waals surface area (Å²) < 4.78 is 10.9. The Labute approximate surface area is 131 Å². The molecule has 1 heterocycles. The number of ether oxygens (including phenoxy) is 2. The zero-order valence-corrected chi connectivity index (χ0v) is 13.5. The van der Waals surface area contributed by atoms with Crippen molar-refractivity contribution >= 4 is 5.71 Å². The Balaban J connectivity index is 2.22. The normalized spacial score (nSPS) is 15.7. The van der Waals surface area contributed by atoms with Gasteiger partial charge >= 0.3 is 0 Å². The Morgan fingerprint density at radius 3 is 2.23 bits per heavy atom. The lowest BCUT2D eigenvalue weighted by molar-refractivity contribution is 0.353. The highest BCUT2D eigenvalue weighted by Crippen LogP contribution is 2.39. The monoisotopic (exact) mass is 295 g/mol. The Bertz CT molecular complexity index is 718. The van der Waals surface area contributed by atoms with Crippen LogP contribution in [0.1, 0.15) is 30.5 Å². The zero-order valence-electron chi connectivity index (χ0n) is 13.5. The van der Waals surface area contributed by atoms with Crippen LogP contribution in [0.4, 0.5) is 0 Å². The van der Waals surface area contributed by atoms with E-state index in [1.807, 2.05) is 24.3 Å². The smallest absolute Gasteiger partial charge is 0.161 e. The number of benzene rings is 2. The molecule has 0 N–H and O–H groups in total. The van der Waals surface area contributed by atoms with Gasteiger partial charge in [-0.15, -0.1) is 0 Å². The quantitative estimate of drug-likeness (QED) is 0.861. The fourth-order valence-corrected chi connectivity index (χ4v) is 2.92. The first kappa shape index (κ1) is 14.6. The van der Waals surface area contributed by atoms with Gasteiger partial charge in [-0.2, -0.15) is 0 Å². The van der Waals surface area contributed by atoms with Gasteiger partial charge in [-0.05, 0) is 17.7 Å².